The van der Waals surface area contributed by atoms with Crippen LogP contribution in [0.2, 0.25) is 0 Å². The Balaban J connectivity index is 2.08. The summed E-state index contributed by atoms with van der Waals surface area (Å²) in [6, 6.07) is 3.69. The number of ketones is 1. The smallest absolute Gasteiger partial charge is 0.230 e. The van der Waals surface area contributed by atoms with Gasteiger partial charge in [0.1, 0.15) is 0 Å². The third-order valence-electron chi connectivity index (χ3n) is 3.45. The van der Waals surface area contributed by atoms with E-state index in [4.69, 9.17) is 0 Å². The van der Waals surface area contributed by atoms with Crippen LogP contribution in [-0.4, -0.2) is 29.0 Å². The predicted octanol–water partition coefficient (Wildman–Crippen LogP) is 2.67. The van der Waals surface area contributed by atoms with Gasteiger partial charge in [0.15, 0.2) is 5.78 Å². The molecule has 5 heteroatoms. The molecule has 1 aliphatic heterocycles. The lowest BCUT2D eigenvalue weighted by Crippen LogP contribution is -2.48. The summed E-state index contributed by atoms with van der Waals surface area (Å²) in [6.45, 7) is 5.70. The highest BCUT2D eigenvalue weighted by molar-refractivity contribution is 7.14. The second-order valence-corrected chi connectivity index (χ2v) is 7.10. The van der Waals surface area contributed by atoms with Crippen molar-refractivity contribution in [3.05, 3.63) is 21.9 Å². The SMILES string of the molecule is CCc1ccc(C(=O)CN2C(=O)CC(C)(C)CC2=O)s1. The molecule has 0 saturated carbocycles. The highest BCUT2D eigenvalue weighted by Gasteiger charge is 2.38. The highest BCUT2D eigenvalue weighted by Crippen LogP contribution is 2.31. The first-order valence-corrected chi connectivity index (χ1v) is 7.59. The fourth-order valence-corrected chi connectivity index (χ4v) is 3.20. The summed E-state index contributed by atoms with van der Waals surface area (Å²) in [5.41, 5.74) is -0.300. The number of hydrogen-bond donors (Lipinski definition) is 0. The quantitative estimate of drug-likeness (QED) is 0.633. The molecule has 0 atom stereocenters. The first-order chi connectivity index (χ1) is 9.32. The number of thiophene rings is 1. The van der Waals surface area contributed by atoms with E-state index in [0.29, 0.717) is 17.7 Å². The largest absolute Gasteiger partial charge is 0.291 e. The minimum atomic E-state index is -0.300. The molecule has 0 N–H and O–H groups in total. The molecule has 1 aromatic rings. The van der Waals surface area contributed by atoms with Gasteiger partial charge in [0.2, 0.25) is 11.8 Å². The molecule has 1 saturated heterocycles. The van der Waals surface area contributed by atoms with Gasteiger partial charge in [-0.25, -0.2) is 0 Å². The van der Waals surface area contributed by atoms with Gasteiger partial charge in [0.05, 0.1) is 11.4 Å². The maximum atomic E-state index is 12.2. The molecule has 0 aromatic carbocycles. The van der Waals surface area contributed by atoms with Gasteiger partial charge < -0.3 is 0 Å². The van der Waals surface area contributed by atoms with E-state index in [1.165, 1.54) is 11.3 Å². The number of rotatable bonds is 4. The van der Waals surface area contributed by atoms with Crippen molar-refractivity contribution in [3.63, 3.8) is 0 Å². The van der Waals surface area contributed by atoms with E-state index in [0.717, 1.165) is 16.2 Å². The Morgan fingerprint density at radius 1 is 1.25 bits per heavy atom. The van der Waals surface area contributed by atoms with Crippen molar-refractivity contribution in [3.8, 4) is 0 Å². The zero-order valence-corrected chi connectivity index (χ0v) is 12.9. The molecule has 1 fully saturated rings. The molecule has 108 valence electrons. The summed E-state index contributed by atoms with van der Waals surface area (Å²) in [4.78, 5) is 39.0. The lowest BCUT2D eigenvalue weighted by Gasteiger charge is -2.34. The Morgan fingerprint density at radius 2 is 1.85 bits per heavy atom. The average Bonchev–Trinajstić information content (AvgIpc) is 2.81. The van der Waals surface area contributed by atoms with Gasteiger partial charge in [-0.15, -0.1) is 11.3 Å². The maximum Gasteiger partial charge on any atom is 0.230 e. The number of carbonyl (C=O) groups is 3. The lowest BCUT2D eigenvalue weighted by atomic mass is 9.81. The summed E-state index contributed by atoms with van der Waals surface area (Å²) >= 11 is 1.43. The van der Waals surface area contributed by atoms with Crippen molar-refractivity contribution in [2.45, 2.75) is 40.0 Å². The highest BCUT2D eigenvalue weighted by atomic mass is 32.1. The molecule has 20 heavy (non-hydrogen) atoms. The molecule has 1 aromatic heterocycles. The Labute approximate surface area is 122 Å². The van der Waals surface area contributed by atoms with Crippen LogP contribution in [0.25, 0.3) is 0 Å². The van der Waals surface area contributed by atoms with Gasteiger partial charge in [-0.1, -0.05) is 20.8 Å². The summed E-state index contributed by atoms with van der Waals surface area (Å²) < 4.78 is 0. The number of carbonyl (C=O) groups excluding carboxylic acids is 3. The van der Waals surface area contributed by atoms with Crippen LogP contribution < -0.4 is 0 Å². The van der Waals surface area contributed by atoms with Gasteiger partial charge in [-0.3, -0.25) is 19.3 Å². The molecular formula is C15H19NO3S. The molecule has 0 spiro atoms. The maximum absolute atomic E-state index is 12.2. The van der Waals surface area contributed by atoms with Crippen LogP contribution in [0.1, 0.15) is 48.2 Å². The standard InChI is InChI=1S/C15H19NO3S/c1-4-10-5-6-12(20-10)11(17)9-16-13(18)7-15(2,3)8-14(16)19/h5-6H,4,7-9H2,1-3H3. The van der Waals surface area contributed by atoms with Crippen LogP contribution >= 0.6 is 11.3 Å². The van der Waals surface area contributed by atoms with Gasteiger partial charge in [0, 0.05) is 17.7 Å². The molecular weight excluding hydrogens is 274 g/mol. The molecule has 2 amide bonds. The number of hydrogen-bond acceptors (Lipinski definition) is 4. The number of amides is 2. The van der Waals surface area contributed by atoms with Crippen molar-refractivity contribution in [2.75, 3.05) is 6.54 Å². The fraction of sp³-hybridized carbons (Fsp3) is 0.533. The monoisotopic (exact) mass is 293 g/mol. The minimum absolute atomic E-state index is 0.128. The Hall–Kier alpha value is -1.49. The predicted molar refractivity (Wildman–Crippen MR) is 77.8 cm³/mol. The van der Waals surface area contributed by atoms with E-state index in [1.807, 2.05) is 26.8 Å². The van der Waals surface area contributed by atoms with E-state index in [9.17, 15) is 14.4 Å². The minimum Gasteiger partial charge on any atom is -0.291 e. The van der Waals surface area contributed by atoms with E-state index < -0.39 is 0 Å². The van der Waals surface area contributed by atoms with E-state index in [1.54, 1.807) is 6.07 Å². The molecule has 4 nitrogen and oxygen atoms in total. The topological polar surface area (TPSA) is 54.5 Å². The van der Waals surface area contributed by atoms with Crippen LogP contribution in [0.5, 0.6) is 0 Å². The van der Waals surface area contributed by atoms with Crippen molar-refractivity contribution in [2.24, 2.45) is 5.41 Å². The second kappa shape index (κ2) is 5.48. The molecule has 2 rings (SSSR count). The van der Waals surface area contributed by atoms with Crippen molar-refractivity contribution >= 4 is 28.9 Å². The fourth-order valence-electron chi connectivity index (χ4n) is 2.33. The molecule has 1 aliphatic rings. The van der Waals surface area contributed by atoms with Gasteiger partial charge >= 0.3 is 0 Å². The van der Waals surface area contributed by atoms with E-state index in [-0.39, 0.29) is 29.6 Å². The first-order valence-electron chi connectivity index (χ1n) is 6.77. The Morgan fingerprint density at radius 3 is 2.35 bits per heavy atom. The second-order valence-electron chi connectivity index (χ2n) is 5.93. The Bertz CT molecular complexity index is 539. The molecule has 0 radical (unpaired) electrons. The van der Waals surface area contributed by atoms with Gasteiger partial charge in [0.25, 0.3) is 0 Å². The Kier molecular flexibility index (Phi) is 4.09. The molecule has 0 unspecified atom stereocenters. The average molecular weight is 293 g/mol. The zero-order chi connectivity index (χ0) is 14.9. The number of piperidine rings is 1. The third kappa shape index (κ3) is 3.15. The van der Waals surface area contributed by atoms with Crippen LogP contribution in [0.3, 0.4) is 0 Å². The van der Waals surface area contributed by atoms with E-state index >= 15 is 0 Å². The van der Waals surface area contributed by atoms with Crippen molar-refractivity contribution < 1.29 is 14.4 Å². The van der Waals surface area contributed by atoms with Gasteiger partial charge in [-0.2, -0.15) is 0 Å². The van der Waals surface area contributed by atoms with E-state index in [2.05, 4.69) is 0 Å². The van der Waals surface area contributed by atoms with Crippen LogP contribution in [0, 0.1) is 5.41 Å². The number of aryl methyl sites for hydroxylation is 1. The molecule has 2 heterocycles. The first kappa shape index (κ1) is 14.9. The van der Waals surface area contributed by atoms with Crippen LogP contribution in [0.15, 0.2) is 12.1 Å². The van der Waals surface area contributed by atoms with Crippen LogP contribution in [0.4, 0.5) is 0 Å². The van der Waals surface area contributed by atoms with Gasteiger partial charge in [-0.05, 0) is 24.0 Å². The summed E-state index contributed by atoms with van der Waals surface area (Å²) in [6.07, 6.45) is 1.51. The summed E-state index contributed by atoms with van der Waals surface area (Å²) in [5, 5.41) is 0. The number of likely N-dealkylation sites (tertiary alicyclic amines) is 1. The number of Topliss-reactive ketones (excluding diaryl/α,β-unsaturated/α-hetero) is 1. The van der Waals surface area contributed by atoms with Crippen molar-refractivity contribution in [1.82, 2.24) is 4.90 Å². The third-order valence-corrected chi connectivity index (χ3v) is 4.72. The number of imide groups is 1. The molecule has 0 bridgehead atoms. The normalized spacial score (nSPS) is 18.4. The zero-order valence-electron chi connectivity index (χ0n) is 12.1. The summed E-state index contributed by atoms with van der Waals surface area (Å²) in [7, 11) is 0. The number of nitrogens with zero attached hydrogens (tertiary/aromatic N) is 1. The van der Waals surface area contributed by atoms with Crippen molar-refractivity contribution in [1.29, 1.82) is 0 Å². The summed E-state index contributed by atoms with van der Waals surface area (Å²) in [5.74, 6) is -0.644. The van der Waals surface area contributed by atoms with Crippen LogP contribution in [-0.2, 0) is 16.0 Å². The molecule has 0 aliphatic carbocycles. The lowest BCUT2D eigenvalue weighted by molar-refractivity contribution is -0.151.